The van der Waals surface area contributed by atoms with Gasteiger partial charge < -0.3 is 4.90 Å². The van der Waals surface area contributed by atoms with Crippen molar-refractivity contribution in [2.75, 3.05) is 31.1 Å². The molecular formula is C20H21F2N3. The van der Waals surface area contributed by atoms with Gasteiger partial charge in [0.15, 0.2) is 11.6 Å². The fourth-order valence-corrected chi connectivity index (χ4v) is 3.31. The number of anilines is 1. The van der Waals surface area contributed by atoms with Gasteiger partial charge in [0, 0.05) is 37.9 Å². The average molecular weight is 341 g/mol. The van der Waals surface area contributed by atoms with E-state index in [1.54, 1.807) is 6.07 Å². The van der Waals surface area contributed by atoms with Crippen molar-refractivity contribution in [1.82, 2.24) is 4.90 Å². The van der Waals surface area contributed by atoms with E-state index in [9.17, 15) is 8.78 Å². The molecular weight excluding hydrogens is 320 g/mol. The zero-order valence-electron chi connectivity index (χ0n) is 14.3. The quantitative estimate of drug-likeness (QED) is 0.842. The number of nitrogens with zero attached hydrogens (tertiary/aromatic N) is 3. The molecule has 3 rings (SSSR count). The lowest BCUT2D eigenvalue weighted by atomic mass is 10.1. The summed E-state index contributed by atoms with van der Waals surface area (Å²) in [5.74, 6) is -1.60. The maximum Gasteiger partial charge on any atom is 0.159 e. The molecule has 1 fully saturated rings. The smallest absolute Gasteiger partial charge is 0.159 e. The zero-order valence-corrected chi connectivity index (χ0v) is 14.3. The molecule has 1 unspecified atom stereocenters. The number of benzene rings is 2. The first-order valence-electron chi connectivity index (χ1n) is 8.52. The number of halogens is 2. The first-order chi connectivity index (χ1) is 12.1. The molecule has 5 heteroatoms. The number of rotatable bonds is 3. The number of hydrogen-bond acceptors (Lipinski definition) is 3. The molecule has 0 bridgehead atoms. The summed E-state index contributed by atoms with van der Waals surface area (Å²) in [6, 6.07) is 14.0. The zero-order chi connectivity index (χ0) is 17.8. The van der Waals surface area contributed by atoms with Crippen LogP contribution in [0.1, 0.15) is 30.5 Å². The van der Waals surface area contributed by atoms with Gasteiger partial charge >= 0.3 is 0 Å². The van der Waals surface area contributed by atoms with Gasteiger partial charge in [0.2, 0.25) is 0 Å². The van der Waals surface area contributed by atoms with Gasteiger partial charge in [-0.3, -0.25) is 4.90 Å². The third-order valence-electron chi connectivity index (χ3n) is 4.87. The van der Waals surface area contributed by atoms with E-state index in [1.165, 1.54) is 12.1 Å². The molecule has 0 radical (unpaired) electrons. The minimum atomic E-state index is -0.807. The van der Waals surface area contributed by atoms with Gasteiger partial charge in [-0.05, 0) is 55.3 Å². The van der Waals surface area contributed by atoms with Crippen molar-refractivity contribution in [2.24, 2.45) is 0 Å². The van der Waals surface area contributed by atoms with Gasteiger partial charge in [0.1, 0.15) is 0 Å². The Bertz CT molecular complexity index is 768. The van der Waals surface area contributed by atoms with E-state index in [4.69, 9.17) is 5.26 Å². The predicted molar refractivity (Wildman–Crippen MR) is 94.3 cm³/mol. The van der Waals surface area contributed by atoms with Crippen molar-refractivity contribution in [3.63, 3.8) is 0 Å². The van der Waals surface area contributed by atoms with E-state index in [2.05, 4.69) is 15.9 Å². The Labute approximate surface area is 147 Å². The van der Waals surface area contributed by atoms with E-state index in [0.29, 0.717) is 5.56 Å². The van der Waals surface area contributed by atoms with E-state index >= 15 is 0 Å². The van der Waals surface area contributed by atoms with Crippen molar-refractivity contribution in [2.45, 2.75) is 19.4 Å². The summed E-state index contributed by atoms with van der Waals surface area (Å²) in [4.78, 5) is 4.61. The minimum absolute atomic E-state index is 0.0380. The molecule has 130 valence electrons. The molecule has 1 aliphatic heterocycles. The average Bonchev–Trinajstić information content (AvgIpc) is 2.89. The minimum Gasteiger partial charge on any atom is -0.370 e. The summed E-state index contributed by atoms with van der Waals surface area (Å²) in [7, 11) is 0. The van der Waals surface area contributed by atoms with Crippen LogP contribution in [0.25, 0.3) is 0 Å². The predicted octanol–water partition coefficient (Wildman–Crippen LogP) is 4.11. The molecule has 1 aliphatic rings. The van der Waals surface area contributed by atoms with E-state index < -0.39 is 11.6 Å². The molecule has 0 saturated carbocycles. The topological polar surface area (TPSA) is 30.3 Å². The highest BCUT2D eigenvalue weighted by atomic mass is 19.2. The summed E-state index contributed by atoms with van der Waals surface area (Å²) < 4.78 is 26.7. The Morgan fingerprint density at radius 2 is 1.72 bits per heavy atom. The second-order valence-electron chi connectivity index (χ2n) is 6.38. The third-order valence-corrected chi connectivity index (χ3v) is 4.87. The molecule has 0 aliphatic carbocycles. The first kappa shape index (κ1) is 17.4. The van der Waals surface area contributed by atoms with Gasteiger partial charge in [-0.1, -0.05) is 6.07 Å². The number of hydrogen-bond donors (Lipinski definition) is 0. The largest absolute Gasteiger partial charge is 0.370 e. The van der Waals surface area contributed by atoms with Crippen LogP contribution in [-0.2, 0) is 0 Å². The van der Waals surface area contributed by atoms with Gasteiger partial charge in [0.25, 0.3) is 0 Å². The SMILES string of the molecule is CC(c1ccc(F)c(F)c1)N1CCCN(c2ccc(C#N)cc2)CC1. The summed E-state index contributed by atoms with van der Waals surface area (Å²) in [5, 5.41) is 8.90. The van der Waals surface area contributed by atoms with Gasteiger partial charge in [-0.2, -0.15) is 5.26 Å². The summed E-state index contributed by atoms with van der Waals surface area (Å²) in [5.41, 5.74) is 2.57. The molecule has 1 atom stereocenters. The van der Waals surface area contributed by atoms with Crippen molar-refractivity contribution < 1.29 is 8.78 Å². The lowest BCUT2D eigenvalue weighted by Gasteiger charge is -2.28. The maximum atomic E-state index is 13.5. The fourth-order valence-electron chi connectivity index (χ4n) is 3.31. The fraction of sp³-hybridized carbons (Fsp3) is 0.350. The van der Waals surface area contributed by atoms with Crippen LogP contribution >= 0.6 is 0 Å². The van der Waals surface area contributed by atoms with Crippen molar-refractivity contribution in [3.05, 3.63) is 65.2 Å². The molecule has 3 nitrogen and oxygen atoms in total. The summed E-state index contributed by atoms with van der Waals surface area (Å²) in [6.45, 7) is 5.59. The normalized spacial score (nSPS) is 17.0. The monoisotopic (exact) mass is 341 g/mol. The van der Waals surface area contributed by atoms with E-state index in [1.807, 2.05) is 31.2 Å². The molecule has 2 aromatic rings. The molecule has 0 spiro atoms. The Balaban J connectivity index is 1.68. The third kappa shape index (κ3) is 3.97. The van der Waals surface area contributed by atoms with Crippen LogP contribution in [0, 0.1) is 23.0 Å². The van der Waals surface area contributed by atoms with Crippen LogP contribution in [0.15, 0.2) is 42.5 Å². The highest BCUT2D eigenvalue weighted by Crippen LogP contribution is 2.25. The van der Waals surface area contributed by atoms with Crippen LogP contribution in [0.2, 0.25) is 0 Å². The Morgan fingerprint density at radius 1 is 0.960 bits per heavy atom. The number of nitriles is 1. The molecule has 0 N–H and O–H groups in total. The summed E-state index contributed by atoms with van der Waals surface area (Å²) >= 11 is 0. The molecule has 0 amide bonds. The highest BCUT2D eigenvalue weighted by molar-refractivity contribution is 5.49. The second-order valence-corrected chi connectivity index (χ2v) is 6.38. The second kappa shape index (κ2) is 7.62. The standard InChI is InChI=1S/C20H21F2N3/c1-15(17-5-8-19(21)20(22)13-17)24-9-2-10-25(12-11-24)18-6-3-16(14-23)4-7-18/h3-8,13,15H,2,9-12H2,1H3. The van der Waals surface area contributed by atoms with Gasteiger partial charge in [-0.15, -0.1) is 0 Å². The molecule has 1 heterocycles. The molecule has 2 aromatic carbocycles. The van der Waals surface area contributed by atoms with Crippen LogP contribution in [0.4, 0.5) is 14.5 Å². The lowest BCUT2D eigenvalue weighted by Crippen LogP contribution is -2.32. The Kier molecular flexibility index (Phi) is 5.30. The van der Waals surface area contributed by atoms with Crippen LogP contribution in [0.3, 0.4) is 0 Å². The van der Waals surface area contributed by atoms with Gasteiger partial charge in [0.05, 0.1) is 11.6 Å². The molecule has 25 heavy (non-hydrogen) atoms. The lowest BCUT2D eigenvalue weighted by molar-refractivity contribution is 0.225. The van der Waals surface area contributed by atoms with Crippen LogP contribution in [-0.4, -0.2) is 31.1 Å². The summed E-state index contributed by atoms with van der Waals surface area (Å²) in [6.07, 6.45) is 0.994. The van der Waals surface area contributed by atoms with E-state index in [-0.39, 0.29) is 6.04 Å². The van der Waals surface area contributed by atoms with Crippen LogP contribution in [0.5, 0.6) is 0 Å². The van der Waals surface area contributed by atoms with Crippen molar-refractivity contribution >= 4 is 5.69 Å². The molecule has 0 aromatic heterocycles. The van der Waals surface area contributed by atoms with Gasteiger partial charge in [-0.25, -0.2) is 8.78 Å². The first-order valence-corrected chi connectivity index (χ1v) is 8.52. The highest BCUT2D eigenvalue weighted by Gasteiger charge is 2.21. The maximum absolute atomic E-state index is 13.5. The molecule has 1 saturated heterocycles. The Hall–Kier alpha value is -2.45. The van der Waals surface area contributed by atoms with Crippen molar-refractivity contribution in [1.29, 1.82) is 5.26 Å². The van der Waals surface area contributed by atoms with E-state index in [0.717, 1.165) is 43.9 Å². The van der Waals surface area contributed by atoms with Crippen LogP contribution < -0.4 is 4.90 Å². The Morgan fingerprint density at radius 3 is 2.40 bits per heavy atom. The van der Waals surface area contributed by atoms with Crippen molar-refractivity contribution in [3.8, 4) is 6.07 Å².